The topological polar surface area (TPSA) is 59.5 Å². The van der Waals surface area contributed by atoms with Crippen molar-refractivity contribution < 1.29 is 13.2 Å². The molecule has 1 aromatic heterocycles. The van der Waals surface area contributed by atoms with Crippen molar-refractivity contribution in [3.05, 3.63) is 23.4 Å². The van der Waals surface area contributed by atoms with Gasteiger partial charge < -0.3 is 4.74 Å². The number of thiazole rings is 1. The summed E-state index contributed by atoms with van der Waals surface area (Å²) in [5.41, 5.74) is 0. The van der Waals surface area contributed by atoms with E-state index in [1.165, 1.54) is 17.5 Å². The number of nitrogens with zero attached hydrogens (tertiary/aromatic N) is 2. The summed E-state index contributed by atoms with van der Waals surface area (Å²) < 4.78 is 33.1. The molecule has 4 rings (SSSR count). The van der Waals surface area contributed by atoms with Gasteiger partial charge in [-0.1, -0.05) is 19.1 Å². The van der Waals surface area contributed by atoms with Gasteiger partial charge in [-0.05, 0) is 6.42 Å². The Morgan fingerprint density at radius 2 is 2.00 bits per heavy atom. The highest BCUT2D eigenvalue weighted by Crippen LogP contribution is 2.45. The summed E-state index contributed by atoms with van der Waals surface area (Å²) in [7, 11) is -3.38. The minimum atomic E-state index is -3.38. The van der Waals surface area contributed by atoms with E-state index in [0.29, 0.717) is 29.1 Å². The molecule has 3 aliphatic rings. The molecule has 0 spiro atoms. The number of aromatic nitrogens is 1. The number of ether oxygens (including phenoxy) is 1. The zero-order valence-electron chi connectivity index (χ0n) is 11.1. The normalized spacial score (nSPS) is 35.9. The lowest BCUT2D eigenvalue weighted by molar-refractivity contribution is 0.0930. The zero-order chi connectivity index (χ0) is 13.9. The standard InChI is InChI=1S/C13H16N2O3S2/c1-2-12-14-5-13(19-12)20(16,17)15-6-8-9(7-15)11-4-3-10(8)18-11/h3-5,8-11H,2,6-7H2,1H3. The summed E-state index contributed by atoms with van der Waals surface area (Å²) in [6.45, 7) is 3.12. The van der Waals surface area contributed by atoms with Gasteiger partial charge in [0, 0.05) is 24.9 Å². The summed E-state index contributed by atoms with van der Waals surface area (Å²) in [4.78, 5) is 4.16. The lowest BCUT2D eigenvalue weighted by Crippen LogP contribution is -2.31. The van der Waals surface area contributed by atoms with E-state index in [0.717, 1.165) is 11.4 Å². The van der Waals surface area contributed by atoms with Crippen molar-refractivity contribution in [3.63, 3.8) is 0 Å². The molecule has 0 amide bonds. The number of hydrogen-bond donors (Lipinski definition) is 0. The fourth-order valence-corrected chi connectivity index (χ4v) is 6.18. The third kappa shape index (κ3) is 1.73. The zero-order valence-corrected chi connectivity index (χ0v) is 12.7. The molecule has 4 heterocycles. The molecule has 7 heteroatoms. The first-order valence-electron chi connectivity index (χ1n) is 6.88. The van der Waals surface area contributed by atoms with Gasteiger partial charge >= 0.3 is 0 Å². The lowest BCUT2D eigenvalue weighted by atomic mass is 9.86. The van der Waals surface area contributed by atoms with Gasteiger partial charge in [0.05, 0.1) is 23.4 Å². The minimum Gasteiger partial charge on any atom is -0.366 e. The van der Waals surface area contributed by atoms with Crippen LogP contribution in [0.15, 0.2) is 22.6 Å². The summed E-state index contributed by atoms with van der Waals surface area (Å²) in [5.74, 6) is 0.636. The van der Waals surface area contributed by atoms with Gasteiger partial charge in [-0.25, -0.2) is 13.4 Å². The molecule has 108 valence electrons. The molecule has 0 aromatic carbocycles. The van der Waals surface area contributed by atoms with Gasteiger partial charge in [-0.2, -0.15) is 4.31 Å². The largest absolute Gasteiger partial charge is 0.366 e. The molecule has 2 saturated heterocycles. The molecular weight excluding hydrogens is 296 g/mol. The highest BCUT2D eigenvalue weighted by atomic mass is 32.2. The Morgan fingerprint density at radius 1 is 1.35 bits per heavy atom. The Bertz CT molecular complexity index is 647. The maximum atomic E-state index is 12.7. The first-order chi connectivity index (χ1) is 9.59. The molecule has 4 atom stereocenters. The molecule has 3 aliphatic heterocycles. The van der Waals surface area contributed by atoms with Crippen molar-refractivity contribution >= 4 is 21.4 Å². The predicted molar refractivity (Wildman–Crippen MR) is 75.0 cm³/mol. The van der Waals surface area contributed by atoms with E-state index < -0.39 is 10.0 Å². The minimum absolute atomic E-state index is 0.109. The maximum Gasteiger partial charge on any atom is 0.254 e. The van der Waals surface area contributed by atoms with Crippen molar-refractivity contribution in [2.45, 2.75) is 29.8 Å². The molecule has 0 N–H and O–H groups in total. The SMILES string of the molecule is CCc1ncc(S(=O)(=O)N2CC3C4C=CC(O4)C3C2)s1. The van der Waals surface area contributed by atoms with Crippen LogP contribution in [0.25, 0.3) is 0 Å². The van der Waals surface area contributed by atoms with E-state index in [4.69, 9.17) is 4.74 Å². The molecular formula is C13H16N2O3S2. The van der Waals surface area contributed by atoms with Gasteiger partial charge in [-0.3, -0.25) is 0 Å². The number of fused-ring (bicyclic) bond motifs is 5. The smallest absolute Gasteiger partial charge is 0.254 e. The number of rotatable bonds is 3. The molecule has 2 fully saturated rings. The Balaban J connectivity index is 1.60. The van der Waals surface area contributed by atoms with Crippen LogP contribution in [0, 0.1) is 11.8 Å². The predicted octanol–water partition coefficient (Wildman–Crippen LogP) is 1.28. The molecule has 5 nitrogen and oxygen atoms in total. The fourth-order valence-electron chi connectivity index (χ4n) is 3.39. The number of hydrogen-bond acceptors (Lipinski definition) is 5. The Hall–Kier alpha value is -0.760. The van der Waals surface area contributed by atoms with Crippen molar-refractivity contribution in [3.8, 4) is 0 Å². The van der Waals surface area contributed by atoms with Gasteiger partial charge in [0.2, 0.25) is 0 Å². The molecule has 1 aromatic rings. The van der Waals surface area contributed by atoms with Crippen molar-refractivity contribution in [1.82, 2.24) is 9.29 Å². The third-order valence-corrected chi connectivity index (χ3v) is 7.87. The second-order valence-corrected chi connectivity index (χ2v) is 8.81. The van der Waals surface area contributed by atoms with E-state index in [2.05, 4.69) is 17.1 Å². The van der Waals surface area contributed by atoms with Gasteiger partial charge in [0.1, 0.15) is 0 Å². The maximum absolute atomic E-state index is 12.7. The Morgan fingerprint density at radius 3 is 2.55 bits per heavy atom. The van der Waals surface area contributed by atoms with E-state index in [9.17, 15) is 8.42 Å². The van der Waals surface area contributed by atoms with Crippen LogP contribution in [0.3, 0.4) is 0 Å². The van der Waals surface area contributed by atoms with Crippen LogP contribution < -0.4 is 0 Å². The average Bonchev–Trinajstić information content (AvgIpc) is 3.18. The van der Waals surface area contributed by atoms with Crippen molar-refractivity contribution in [2.75, 3.05) is 13.1 Å². The Kier molecular flexibility index (Phi) is 2.82. The van der Waals surface area contributed by atoms with E-state index in [1.54, 1.807) is 4.31 Å². The van der Waals surface area contributed by atoms with Crippen LogP contribution in [-0.4, -0.2) is 43.0 Å². The highest BCUT2D eigenvalue weighted by Gasteiger charge is 2.53. The first-order valence-corrected chi connectivity index (χ1v) is 9.14. The van der Waals surface area contributed by atoms with Crippen LogP contribution >= 0.6 is 11.3 Å². The summed E-state index contributed by atoms with van der Waals surface area (Å²) in [5, 5.41) is 0.869. The van der Waals surface area contributed by atoms with Crippen LogP contribution in [0.5, 0.6) is 0 Å². The van der Waals surface area contributed by atoms with Crippen LogP contribution in [0.4, 0.5) is 0 Å². The molecule has 20 heavy (non-hydrogen) atoms. The molecule has 0 radical (unpaired) electrons. The van der Waals surface area contributed by atoms with Gasteiger partial charge in [0.15, 0.2) is 4.21 Å². The quantitative estimate of drug-likeness (QED) is 0.789. The van der Waals surface area contributed by atoms with Crippen molar-refractivity contribution in [1.29, 1.82) is 0 Å². The summed E-state index contributed by atoms with van der Waals surface area (Å²) >= 11 is 1.28. The third-order valence-electron chi connectivity index (χ3n) is 4.46. The first kappa shape index (κ1) is 12.9. The second kappa shape index (κ2) is 4.37. The van der Waals surface area contributed by atoms with Crippen LogP contribution in [0.1, 0.15) is 11.9 Å². The fraction of sp³-hybridized carbons (Fsp3) is 0.615. The van der Waals surface area contributed by atoms with Gasteiger partial charge in [-0.15, -0.1) is 11.3 Å². The number of sulfonamides is 1. The lowest BCUT2D eigenvalue weighted by Gasteiger charge is -2.17. The van der Waals surface area contributed by atoms with E-state index >= 15 is 0 Å². The van der Waals surface area contributed by atoms with E-state index in [-0.39, 0.29) is 12.2 Å². The Labute approximate surface area is 122 Å². The molecule has 0 aliphatic carbocycles. The monoisotopic (exact) mass is 312 g/mol. The van der Waals surface area contributed by atoms with Crippen molar-refractivity contribution in [2.24, 2.45) is 11.8 Å². The number of aryl methyl sites for hydroxylation is 1. The molecule has 0 saturated carbocycles. The van der Waals surface area contributed by atoms with Crippen LogP contribution in [0.2, 0.25) is 0 Å². The summed E-state index contributed by atoms with van der Waals surface area (Å²) in [6, 6.07) is 0. The molecule has 4 unspecified atom stereocenters. The second-order valence-electron chi connectivity index (χ2n) is 5.53. The highest BCUT2D eigenvalue weighted by molar-refractivity contribution is 7.91. The van der Waals surface area contributed by atoms with E-state index in [1.807, 2.05) is 6.92 Å². The average molecular weight is 312 g/mol. The van der Waals surface area contributed by atoms with Crippen LogP contribution in [-0.2, 0) is 21.2 Å². The summed E-state index contributed by atoms with van der Waals surface area (Å²) in [6.07, 6.45) is 6.63. The van der Waals surface area contributed by atoms with Gasteiger partial charge in [0.25, 0.3) is 10.0 Å². The molecule has 2 bridgehead atoms.